The molecule has 18 heteroatoms. The molecular weight excluding hydrogens is 754 g/mol. The fourth-order valence-electron chi connectivity index (χ4n) is 6.88. The highest BCUT2D eigenvalue weighted by atomic mass is 32.2. The summed E-state index contributed by atoms with van der Waals surface area (Å²) in [6.07, 6.45) is -1.23. The molecule has 0 atom stereocenters. The average molecular weight is 793 g/mol. The van der Waals surface area contributed by atoms with Gasteiger partial charge in [0.2, 0.25) is 5.91 Å². The summed E-state index contributed by atoms with van der Waals surface area (Å²) in [5, 5.41) is 12.1. The molecule has 5 N–H and O–H groups in total. The van der Waals surface area contributed by atoms with Crippen LogP contribution < -0.4 is 17.2 Å². The van der Waals surface area contributed by atoms with Crippen molar-refractivity contribution in [3.05, 3.63) is 117 Å². The molecule has 2 amide bonds. The Balaban J connectivity index is 0.00000600. The number of quaternary nitrogens is 1. The number of likely N-dealkylation sites (tertiary alicyclic amines) is 1. The van der Waals surface area contributed by atoms with Gasteiger partial charge in [-0.05, 0) is 111 Å². The van der Waals surface area contributed by atoms with Gasteiger partial charge in [0, 0.05) is 37.2 Å². The number of benzene rings is 3. The second-order valence-corrected chi connectivity index (χ2v) is 14.7. The quantitative estimate of drug-likeness (QED) is 0.195. The van der Waals surface area contributed by atoms with Gasteiger partial charge in [0.15, 0.2) is 5.82 Å². The largest absolute Gasteiger partial charge is 0.744 e. The third-order valence-electron chi connectivity index (χ3n) is 10.1. The molecular formula is C38H39F3N8O6S. The van der Waals surface area contributed by atoms with Crippen molar-refractivity contribution in [2.45, 2.75) is 64.1 Å². The van der Waals surface area contributed by atoms with Crippen molar-refractivity contribution in [3.8, 4) is 29.0 Å². The number of rotatable bonds is 7. The zero-order valence-corrected chi connectivity index (χ0v) is 32.0. The van der Waals surface area contributed by atoms with Gasteiger partial charge in [0.05, 0.1) is 39.9 Å². The molecule has 3 heterocycles. The first-order valence-electron chi connectivity index (χ1n) is 17.1. The number of imidazole rings is 2. The maximum atomic E-state index is 14.2. The van der Waals surface area contributed by atoms with Gasteiger partial charge in [-0.3, -0.25) is 13.9 Å². The lowest BCUT2D eigenvalue weighted by atomic mass is 9.96. The number of carbonyl (C=O) groups excluding carboxylic acids is 2. The first kappa shape index (κ1) is 41.1. The molecule has 5 aromatic rings. The molecule has 0 aliphatic carbocycles. The van der Waals surface area contributed by atoms with Gasteiger partial charge in [0.1, 0.15) is 15.8 Å². The molecule has 3 aromatic carbocycles. The number of nitrogens with one attached hydrogen (secondary N) is 1. The number of aromatic nitrogens is 4. The summed E-state index contributed by atoms with van der Waals surface area (Å²) in [5.74, 6) is -0.164. The van der Waals surface area contributed by atoms with Gasteiger partial charge in [-0.2, -0.15) is 18.4 Å². The second-order valence-electron chi connectivity index (χ2n) is 13.4. The highest BCUT2D eigenvalue weighted by molar-refractivity contribution is 7.85. The van der Waals surface area contributed by atoms with E-state index in [-0.39, 0.29) is 59.4 Å². The van der Waals surface area contributed by atoms with E-state index in [4.69, 9.17) is 0 Å². The lowest BCUT2D eigenvalue weighted by Crippen LogP contribution is -2.49. The van der Waals surface area contributed by atoms with Gasteiger partial charge in [-0.15, -0.1) is 0 Å². The highest BCUT2D eigenvalue weighted by Crippen LogP contribution is 2.32. The Bertz CT molecular complexity index is 2540. The van der Waals surface area contributed by atoms with Gasteiger partial charge in [-0.1, -0.05) is 6.07 Å². The monoisotopic (exact) mass is 792 g/mol. The summed E-state index contributed by atoms with van der Waals surface area (Å²) in [6.45, 7) is 6.91. The smallest absolute Gasteiger partial charge is 0.416 e. The predicted octanol–water partition coefficient (Wildman–Crippen LogP) is 5.69. The van der Waals surface area contributed by atoms with Crippen molar-refractivity contribution in [3.63, 3.8) is 0 Å². The van der Waals surface area contributed by atoms with E-state index in [2.05, 4.69) is 10.3 Å². The van der Waals surface area contributed by atoms with Crippen molar-refractivity contribution in [1.82, 2.24) is 35.1 Å². The average Bonchev–Trinajstić information content (AvgIpc) is 3.72. The molecule has 14 nitrogen and oxygen atoms in total. The molecule has 1 fully saturated rings. The summed E-state index contributed by atoms with van der Waals surface area (Å²) in [6, 6.07) is 12.6. The van der Waals surface area contributed by atoms with Crippen LogP contribution in [-0.2, 0) is 27.5 Å². The lowest BCUT2D eigenvalue weighted by molar-refractivity contribution is -0.137. The summed E-state index contributed by atoms with van der Waals surface area (Å²) >= 11 is 0. The first-order chi connectivity index (χ1) is 25.9. The number of halogens is 3. The standard InChI is InChI=1S/C38H36F3N7O6S.H3N/c1-22-23(2)27(18-32(24(22)3)55(52,53)54)19-33(49)45-15-12-29(13-16-45)44-36(50)48-34(35-43-14-17-46(35)30-10-8-26(21-42)9-11-30)25(4)47(37(48)51)31-7-5-6-28(20-31)38(39,40)41;/h5-11,14,17-18,20,29H,12-13,15-16,19H2,1-4H3,(H,44,50)(H,52,53,54);1H3. The fraction of sp³-hybridized carbons (Fsp3) is 0.289. The lowest BCUT2D eigenvalue weighted by Gasteiger charge is -2.32. The second kappa shape index (κ2) is 15.6. The molecule has 1 aliphatic rings. The Morgan fingerprint density at radius 1 is 0.982 bits per heavy atom. The van der Waals surface area contributed by atoms with E-state index in [0.717, 1.165) is 21.3 Å². The minimum absolute atomic E-state index is 0. The number of piperidine rings is 1. The number of alkyl halides is 3. The van der Waals surface area contributed by atoms with E-state index in [0.29, 0.717) is 46.3 Å². The first-order valence-corrected chi connectivity index (χ1v) is 18.5. The van der Waals surface area contributed by atoms with Crippen molar-refractivity contribution >= 4 is 22.1 Å². The molecule has 1 saturated heterocycles. The maximum Gasteiger partial charge on any atom is 0.416 e. The topological polar surface area (TPSA) is 212 Å². The Morgan fingerprint density at radius 3 is 2.25 bits per heavy atom. The number of amides is 2. The fourth-order valence-corrected chi connectivity index (χ4v) is 7.69. The van der Waals surface area contributed by atoms with Crippen LogP contribution in [0.4, 0.5) is 18.0 Å². The highest BCUT2D eigenvalue weighted by Gasteiger charge is 2.33. The van der Waals surface area contributed by atoms with Crippen molar-refractivity contribution in [2.24, 2.45) is 0 Å². The molecule has 0 saturated carbocycles. The van der Waals surface area contributed by atoms with Crippen LogP contribution in [0, 0.1) is 39.0 Å². The number of carbonyl (C=O) groups is 2. The van der Waals surface area contributed by atoms with E-state index < -0.39 is 39.6 Å². The van der Waals surface area contributed by atoms with Crippen LogP contribution in [0.2, 0.25) is 0 Å². The van der Waals surface area contributed by atoms with Crippen LogP contribution in [0.3, 0.4) is 0 Å². The van der Waals surface area contributed by atoms with Crippen molar-refractivity contribution in [2.75, 3.05) is 13.1 Å². The number of hydrogen-bond donors (Lipinski definition) is 2. The molecule has 294 valence electrons. The number of nitrogens with zero attached hydrogens (tertiary/aromatic N) is 6. The van der Waals surface area contributed by atoms with E-state index in [1.54, 1.807) is 60.7 Å². The van der Waals surface area contributed by atoms with Gasteiger partial charge < -0.3 is 20.9 Å². The summed E-state index contributed by atoms with van der Waals surface area (Å²) in [7, 11) is -4.76. The molecule has 56 heavy (non-hydrogen) atoms. The maximum absolute atomic E-state index is 14.2. The predicted molar refractivity (Wildman–Crippen MR) is 199 cm³/mol. The van der Waals surface area contributed by atoms with Crippen LogP contribution in [0.1, 0.15) is 51.9 Å². The van der Waals surface area contributed by atoms with Gasteiger partial charge in [-0.25, -0.2) is 27.6 Å². The van der Waals surface area contributed by atoms with E-state index in [1.807, 2.05) is 6.07 Å². The van der Waals surface area contributed by atoms with Crippen molar-refractivity contribution < 1.29 is 35.7 Å². The molecule has 0 spiro atoms. The third kappa shape index (κ3) is 7.87. The van der Waals surface area contributed by atoms with E-state index in [9.17, 15) is 45.8 Å². The van der Waals surface area contributed by atoms with Crippen LogP contribution in [0.5, 0.6) is 0 Å². The molecule has 0 bridgehead atoms. The summed E-state index contributed by atoms with van der Waals surface area (Å²) in [5.41, 5.74) is 1.11. The Morgan fingerprint density at radius 2 is 1.64 bits per heavy atom. The molecule has 0 radical (unpaired) electrons. The van der Waals surface area contributed by atoms with Crippen LogP contribution in [0.15, 0.2) is 76.7 Å². The molecule has 2 aromatic heterocycles. The van der Waals surface area contributed by atoms with E-state index >= 15 is 0 Å². The Hall–Kier alpha value is -6.03. The number of hydrogen-bond acceptors (Lipinski definition) is 8. The Kier molecular flexibility index (Phi) is 11.5. The normalized spacial score (nSPS) is 13.6. The van der Waals surface area contributed by atoms with Crippen LogP contribution in [-0.4, -0.2) is 67.6 Å². The summed E-state index contributed by atoms with van der Waals surface area (Å²) < 4.78 is 80.2. The molecule has 6 rings (SSSR count). The van der Waals surface area contributed by atoms with E-state index in [1.165, 1.54) is 31.3 Å². The van der Waals surface area contributed by atoms with Gasteiger partial charge in [0.25, 0.3) is 0 Å². The number of nitriles is 1. The SMILES string of the molecule is Cc1c(CC(=O)N2CCC(NC(=O)n3c(-c4nccn4-c4ccc(C#N)cc4)c(C)n(-c4cccc(C(F)(F)F)c4)c3=O)CC2)cc(S(=O)(=O)[O-])c(C)c1C.[NH4+]. The minimum Gasteiger partial charge on any atom is -0.744 e. The van der Waals surface area contributed by atoms with Gasteiger partial charge >= 0.3 is 17.9 Å². The molecule has 1 aliphatic heterocycles. The zero-order valence-electron chi connectivity index (χ0n) is 31.1. The van der Waals surface area contributed by atoms with Crippen LogP contribution in [0.25, 0.3) is 22.9 Å². The zero-order chi connectivity index (χ0) is 40.0. The minimum atomic E-state index is -4.76. The summed E-state index contributed by atoms with van der Waals surface area (Å²) in [4.78, 5) is 47.2. The van der Waals surface area contributed by atoms with Crippen molar-refractivity contribution in [1.29, 1.82) is 5.26 Å². The third-order valence-corrected chi connectivity index (χ3v) is 11.1. The Labute approximate surface area is 320 Å². The van der Waals surface area contributed by atoms with Crippen LogP contribution >= 0.6 is 0 Å². The molecule has 0 unspecified atom stereocenters.